The molecule has 0 fully saturated rings. The minimum Gasteiger partial charge on any atom is -0.489 e. The Bertz CT molecular complexity index is 564. The molecule has 22 heavy (non-hydrogen) atoms. The van der Waals surface area contributed by atoms with E-state index in [1.165, 1.54) is 0 Å². The zero-order chi connectivity index (χ0) is 15.8. The van der Waals surface area contributed by atoms with Crippen molar-refractivity contribution >= 4 is 23.2 Å². The molecular formula is C15H19Cl2N3O2. The minimum absolute atomic E-state index is 0.176. The van der Waals surface area contributed by atoms with Crippen molar-refractivity contribution < 1.29 is 9.84 Å². The van der Waals surface area contributed by atoms with Crippen LogP contribution in [-0.4, -0.2) is 40.5 Å². The Morgan fingerprint density at radius 1 is 1.36 bits per heavy atom. The molecule has 0 radical (unpaired) electrons. The molecule has 2 aromatic rings. The van der Waals surface area contributed by atoms with Crippen LogP contribution >= 0.6 is 23.2 Å². The lowest BCUT2D eigenvalue weighted by Crippen LogP contribution is -2.32. The standard InChI is InChI=1S/C15H19Cl2N3O2/c16-12-2-3-15(14(17)8-12)22-10-13(21)9-18-4-1-6-20-7-5-19-11-20/h2-3,5,7-8,11,13,18,21H,1,4,6,9-10H2/t13-/m0/s1. The molecule has 0 unspecified atom stereocenters. The average molecular weight is 344 g/mol. The second-order valence-corrected chi connectivity index (χ2v) is 5.74. The van der Waals surface area contributed by atoms with Crippen LogP contribution in [0.3, 0.4) is 0 Å². The van der Waals surface area contributed by atoms with E-state index in [2.05, 4.69) is 10.3 Å². The maximum absolute atomic E-state index is 9.87. The highest BCUT2D eigenvalue weighted by Gasteiger charge is 2.07. The van der Waals surface area contributed by atoms with Crippen LogP contribution in [0.4, 0.5) is 0 Å². The molecule has 0 spiro atoms. The average Bonchev–Trinajstić information content (AvgIpc) is 2.99. The molecule has 0 aliphatic rings. The molecule has 1 aromatic heterocycles. The smallest absolute Gasteiger partial charge is 0.138 e. The zero-order valence-electron chi connectivity index (χ0n) is 12.1. The molecule has 120 valence electrons. The topological polar surface area (TPSA) is 59.3 Å². The summed E-state index contributed by atoms with van der Waals surface area (Å²) < 4.78 is 7.49. The Labute approximate surface area is 139 Å². The molecule has 1 aromatic carbocycles. The number of ether oxygens (including phenoxy) is 1. The van der Waals surface area contributed by atoms with Crippen LogP contribution in [0.2, 0.25) is 10.0 Å². The molecule has 7 heteroatoms. The van der Waals surface area contributed by atoms with E-state index in [1.54, 1.807) is 30.7 Å². The van der Waals surface area contributed by atoms with E-state index < -0.39 is 6.10 Å². The molecule has 0 amide bonds. The van der Waals surface area contributed by atoms with Crippen molar-refractivity contribution in [3.63, 3.8) is 0 Å². The van der Waals surface area contributed by atoms with Crippen LogP contribution in [0.15, 0.2) is 36.9 Å². The molecule has 0 aliphatic heterocycles. The number of imidazole rings is 1. The van der Waals surface area contributed by atoms with Gasteiger partial charge in [0.15, 0.2) is 0 Å². The summed E-state index contributed by atoms with van der Waals surface area (Å²) in [5.74, 6) is 0.519. The lowest BCUT2D eigenvalue weighted by Gasteiger charge is -2.14. The summed E-state index contributed by atoms with van der Waals surface area (Å²) in [4.78, 5) is 3.98. The summed E-state index contributed by atoms with van der Waals surface area (Å²) in [5.41, 5.74) is 0. The number of halogens is 2. The van der Waals surface area contributed by atoms with Gasteiger partial charge in [0.25, 0.3) is 0 Å². The molecule has 0 saturated heterocycles. The Morgan fingerprint density at radius 3 is 2.95 bits per heavy atom. The van der Waals surface area contributed by atoms with Gasteiger partial charge >= 0.3 is 0 Å². The van der Waals surface area contributed by atoms with Gasteiger partial charge in [-0.15, -0.1) is 0 Å². The lowest BCUT2D eigenvalue weighted by molar-refractivity contribution is 0.106. The first kappa shape index (κ1) is 17.1. The number of rotatable bonds is 9. The van der Waals surface area contributed by atoms with Crippen LogP contribution in [0.5, 0.6) is 5.75 Å². The molecule has 1 atom stereocenters. The Balaban J connectivity index is 1.58. The van der Waals surface area contributed by atoms with Crippen LogP contribution in [0.25, 0.3) is 0 Å². The molecule has 1 heterocycles. The predicted molar refractivity (Wildman–Crippen MR) is 87.7 cm³/mol. The van der Waals surface area contributed by atoms with Gasteiger partial charge in [-0.3, -0.25) is 0 Å². The number of hydrogen-bond acceptors (Lipinski definition) is 4. The second kappa shape index (κ2) is 9.00. The number of aromatic nitrogens is 2. The largest absolute Gasteiger partial charge is 0.489 e. The quantitative estimate of drug-likeness (QED) is 0.687. The number of hydrogen-bond donors (Lipinski definition) is 2. The third-order valence-corrected chi connectivity index (χ3v) is 3.56. The summed E-state index contributed by atoms with van der Waals surface area (Å²) in [5, 5.41) is 14.0. The number of aliphatic hydroxyl groups excluding tert-OH is 1. The Hall–Kier alpha value is -1.27. The highest BCUT2D eigenvalue weighted by atomic mass is 35.5. The van der Waals surface area contributed by atoms with E-state index >= 15 is 0 Å². The summed E-state index contributed by atoms with van der Waals surface area (Å²) in [6.07, 6.45) is 5.85. The fourth-order valence-corrected chi connectivity index (χ4v) is 2.37. The molecule has 0 saturated carbocycles. The minimum atomic E-state index is -0.597. The van der Waals surface area contributed by atoms with Gasteiger partial charge in [0.05, 0.1) is 11.3 Å². The maximum Gasteiger partial charge on any atom is 0.138 e. The van der Waals surface area contributed by atoms with Crippen molar-refractivity contribution in [3.05, 3.63) is 47.0 Å². The number of nitrogens with zero attached hydrogens (tertiary/aromatic N) is 2. The monoisotopic (exact) mass is 343 g/mol. The summed E-state index contributed by atoms with van der Waals surface area (Å²) >= 11 is 11.8. The van der Waals surface area contributed by atoms with E-state index in [-0.39, 0.29) is 6.61 Å². The third kappa shape index (κ3) is 5.85. The maximum atomic E-state index is 9.87. The highest BCUT2D eigenvalue weighted by Crippen LogP contribution is 2.27. The van der Waals surface area contributed by atoms with Gasteiger partial charge in [-0.1, -0.05) is 23.2 Å². The van der Waals surface area contributed by atoms with Crippen molar-refractivity contribution in [2.45, 2.75) is 19.1 Å². The fourth-order valence-electron chi connectivity index (χ4n) is 1.91. The van der Waals surface area contributed by atoms with Crippen LogP contribution in [0, 0.1) is 0 Å². The van der Waals surface area contributed by atoms with E-state index in [1.807, 2.05) is 10.8 Å². The van der Waals surface area contributed by atoms with Gasteiger partial charge in [0, 0.05) is 30.5 Å². The molecule has 2 rings (SSSR count). The van der Waals surface area contributed by atoms with Crippen molar-refractivity contribution in [2.75, 3.05) is 19.7 Å². The second-order valence-electron chi connectivity index (χ2n) is 4.90. The van der Waals surface area contributed by atoms with Crippen molar-refractivity contribution in [1.82, 2.24) is 14.9 Å². The lowest BCUT2D eigenvalue weighted by atomic mass is 10.3. The molecular weight excluding hydrogens is 325 g/mol. The number of nitrogens with one attached hydrogen (secondary N) is 1. The fraction of sp³-hybridized carbons (Fsp3) is 0.400. The number of benzene rings is 1. The van der Waals surface area contributed by atoms with Gasteiger partial charge in [-0.2, -0.15) is 0 Å². The predicted octanol–water partition coefficient (Wildman–Crippen LogP) is 2.61. The van der Waals surface area contributed by atoms with E-state index in [0.29, 0.717) is 22.3 Å². The van der Waals surface area contributed by atoms with Crippen LogP contribution in [0.1, 0.15) is 6.42 Å². The summed E-state index contributed by atoms with van der Waals surface area (Å²) in [6, 6.07) is 5.00. The van der Waals surface area contributed by atoms with E-state index in [4.69, 9.17) is 27.9 Å². The molecule has 5 nitrogen and oxygen atoms in total. The van der Waals surface area contributed by atoms with E-state index in [0.717, 1.165) is 19.5 Å². The van der Waals surface area contributed by atoms with E-state index in [9.17, 15) is 5.11 Å². The summed E-state index contributed by atoms with van der Waals surface area (Å²) in [6.45, 7) is 2.36. The first-order valence-corrected chi connectivity index (χ1v) is 7.83. The Kier molecular flexibility index (Phi) is 6.99. The number of aryl methyl sites for hydroxylation is 1. The SMILES string of the molecule is O[C@@H](CNCCCn1ccnc1)COc1ccc(Cl)cc1Cl. The molecule has 0 bridgehead atoms. The van der Waals surface area contributed by atoms with Crippen molar-refractivity contribution in [2.24, 2.45) is 0 Å². The normalized spacial score (nSPS) is 12.3. The van der Waals surface area contributed by atoms with Crippen LogP contribution in [-0.2, 0) is 6.54 Å². The van der Waals surface area contributed by atoms with Gasteiger partial charge in [0.2, 0.25) is 0 Å². The molecule has 0 aliphatic carbocycles. The first-order valence-electron chi connectivity index (χ1n) is 7.07. The summed E-state index contributed by atoms with van der Waals surface area (Å²) in [7, 11) is 0. The zero-order valence-corrected chi connectivity index (χ0v) is 13.6. The third-order valence-electron chi connectivity index (χ3n) is 3.03. The van der Waals surface area contributed by atoms with Crippen LogP contribution < -0.4 is 10.1 Å². The number of aliphatic hydroxyl groups is 1. The van der Waals surface area contributed by atoms with Gasteiger partial charge in [0.1, 0.15) is 18.5 Å². The van der Waals surface area contributed by atoms with Gasteiger partial charge < -0.3 is 19.7 Å². The van der Waals surface area contributed by atoms with Gasteiger partial charge in [-0.25, -0.2) is 4.98 Å². The highest BCUT2D eigenvalue weighted by molar-refractivity contribution is 6.35. The van der Waals surface area contributed by atoms with Gasteiger partial charge in [-0.05, 0) is 31.2 Å². The van der Waals surface area contributed by atoms with Crippen molar-refractivity contribution in [1.29, 1.82) is 0 Å². The van der Waals surface area contributed by atoms with Crippen molar-refractivity contribution in [3.8, 4) is 5.75 Å². The molecule has 2 N–H and O–H groups in total. The Morgan fingerprint density at radius 2 is 2.23 bits per heavy atom. The first-order chi connectivity index (χ1) is 10.6.